The van der Waals surface area contributed by atoms with Gasteiger partial charge in [0.1, 0.15) is 5.75 Å². The highest BCUT2D eigenvalue weighted by Gasteiger charge is 2.16. The molecule has 0 fully saturated rings. The first kappa shape index (κ1) is 30.5. The molecule has 0 radical (unpaired) electrons. The van der Waals surface area contributed by atoms with E-state index < -0.39 is 0 Å². The van der Waals surface area contributed by atoms with Gasteiger partial charge in [0, 0.05) is 0 Å². The standard InChI is InChI=1S/C37H44O4/c1-22-8-23(2)35(20-39)18-31(22)17-33-15-28(13-29-9-25(4)34(19-38)10-24(29)3)14-32(36(33)21-40)16-30-11-27(6)37(41-7)12-26(30)5/h8-12,14-15,18,38-40H,13,16-17,19-21H2,1-7H3. The van der Waals surface area contributed by atoms with Crippen molar-refractivity contribution >= 4 is 0 Å². The first-order chi connectivity index (χ1) is 19.6. The molecule has 0 aliphatic heterocycles. The van der Waals surface area contributed by atoms with Gasteiger partial charge in [-0.25, -0.2) is 0 Å². The number of hydrogen-bond donors (Lipinski definition) is 3. The summed E-state index contributed by atoms with van der Waals surface area (Å²) in [6.07, 6.45) is 2.15. The molecule has 4 nitrogen and oxygen atoms in total. The minimum Gasteiger partial charge on any atom is -0.496 e. The summed E-state index contributed by atoms with van der Waals surface area (Å²) in [5.41, 5.74) is 16.7. The molecule has 0 saturated carbocycles. The number of rotatable bonds is 10. The van der Waals surface area contributed by atoms with Crippen molar-refractivity contribution in [3.63, 3.8) is 0 Å². The van der Waals surface area contributed by atoms with Gasteiger partial charge in [0.05, 0.1) is 26.9 Å². The van der Waals surface area contributed by atoms with Crippen molar-refractivity contribution in [2.45, 2.75) is 80.6 Å². The van der Waals surface area contributed by atoms with Crippen molar-refractivity contribution < 1.29 is 20.1 Å². The SMILES string of the molecule is COc1cc(C)c(Cc2cc(Cc3cc(C)c(CO)cc3C)cc(Cc3cc(CO)c(C)cc3C)c2CO)cc1C. The van der Waals surface area contributed by atoms with E-state index in [4.69, 9.17) is 4.74 Å². The zero-order chi connectivity index (χ0) is 29.8. The number of aryl methyl sites for hydroxylation is 6. The van der Waals surface area contributed by atoms with Gasteiger partial charge in [-0.1, -0.05) is 42.5 Å². The third kappa shape index (κ3) is 6.73. The van der Waals surface area contributed by atoms with Crippen LogP contribution in [0, 0.1) is 41.5 Å². The Morgan fingerprint density at radius 2 is 0.878 bits per heavy atom. The Morgan fingerprint density at radius 3 is 1.46 bits per heavy atom. The van der Waals surface area contributed by atoms with Gasteiger partial charge in [0.15, 0.2) is 0 Å². The highest BCUT2D eigenvalue weighted by atomic mass is 16.5. The van der Waals surface area contributed by atoms with Crippen LogP contribution >= 0.6 is 0 Å². The predicted octanol–water partition coefficient (Wildman–Crippen LogP) is 6.80. The summed E-state index contributed by atoms with van der Waals surface area (Å²) >= 11 is 0. The lowest BCUT2D eigenvalue weighted by Gasteiger charge is -2.20. The molecule has 4 aromatic rings. The van der Waals surface area contributed by atoms with E-state index in [1.807, 2.05) is 13.8 Å². The van der Waals surface area contributed by atoms with Gasteiger partial charge in [0.25, 0.3) is 0 Å². The summed E-state index contributed by atoms with van der Waals surface area (Å²) in [6, 6.07) is 17.3. The number of benzene rings is 4. The van der Waals surface area contributed by atoms with E-state index in [2.05, 4.69) is 76.2 Å². The largest absolute Gasteiger partial charge is 0.496 e. The van der Waals surface area contributed by atoms with E-state index in [-0.39, 0.29) is 19.8 Å². The molecule has 4 aromatic carbocycles. The molecule has 4 heteroatoms. The molecule has 4 rings (SSSR count). The first-order valence-electron chi connectivity index (χ1n) is 14.4. The molecule has 0 aliphatic carbocycles. The molecular formula is C37H44O4. The fraction of sp³-hybridized carbons (Fsp3) is 0.351. The fourth-order valence-electron chi connectivity index (χ4n) is 5.99. The minimum absolute atomic E-state index is 0.00974. The fourth-order valence-corrected chi connectivity index (χ4v) is 5.99. The Hall–Kier alpha value is -3.44. The second kappa shape index (κ2) is 13.0. The van der Waals surface area contributed by atoms with Crippen molar-refractivity contribution in [2.24, 2.45) is 0 Å². The van der Waals surface area contributed by atoms with Crippen LogP contribution in [0.1, 0.15) is 83.5 Å². The third-order valence-corrected chi connectivity index (χ3v) is 8.59. The molecule has 0 heterocycles. The van der Waals surface area contributed by atoms with Gasteiger partial charge in [-0.2, -0.15) is 0 Å². The van der Waals surface area contributed by atoms with Gasteiger partial charge < -0.3 is 20.1 Å². The van der Waals surface area contributed by atoms with Crippen LogP contribution in [0.25, 0.3) is 0 Å². The number of ether oxygens (including phenoxy) is 1. The maximum atomic E-state index is 10.7. The molecule has 0 atom stereocenters. The Bertz CT molecular complexity index is 1560. The normalized spacial score (nSPS) is 11.3. The Kier molecular flexibility index (Phi) is 9.70. The van der Waals surface area contributed by atoms with E-state index in [0.29, 0.717) is 12.8 Å². The Morgan fingerprint density at radius 1 is 0.439 bits per heavy atom. The van der Waals surface area contributed by atoms with Crippen LogP contribution in [0.4, 0.5) is 0 Å². The highest BCUT2D eigenvalue weighted by Crippen LogP contribution is 2.30. The average Bonchev–Trinajstić information content (AvgIpc) is 2.93. The van der Waals surface area contributed by atoms with Crippen LogP contribution in [0.15, 0.2) is 48.5 Å². The van der Waals surface area contributed by atoms with Crippen LogP contribution in [-0.2, 0) is 39.1 Å². The quantitative estimate of drug-likeness (QED) is 0.203. The van der Waals surface area contributed by atoms with Crippen molar-refractivity contribution in [1.82, 2.24) is 0 Å². The van der Waals surface area contributed by atoms with Gasteiger partial charge in [0.2, 0.25) is 0 Å². The van der Waals surface area contributed by atoms with E-state index in [9.17, 15) is 15.3 Å². The topological polar surface area (TPSA) is 69.9 Å². The molecule has 0 saturated heterocycles. The van der Waals surface area contributed by atoms with Gasteiger partial charge >= 0.3 is 0 Å². The maximum absolute atomic E-state index is 10.7. The van der Waals surface area contributed by atoms with Crippen LogP contribution in [0.5, 0.6) is 5.75 Å². The van der Waals surface area contributed by atoms with Crippen LogP contribution in [-0.4, -0.2) is 22.4 Å². The van der Waals surface area contributed by atoms with Crippen molar-refractivity contribution in [2.75, 3.05) is 7.11 Å². The van der Waals surface area contributed by atoms with E-state index in [1.165, 1.54) is 22.3 Å². The first-order valence-corrected chi connectivity index (χ1v) is 14.4. The van der Waals surface area contributed by atoms with Crippen molar-refractivity contribution in [3.8, 4) is 5.75 Å². The molecule has 41 heavy (non-hydrogen) atoms. The summed E-state index contributed by atoms with van der Waals surface area (Å²) in [5, 5.41) is 30.4. The summed E-state index contributed by atoms with van der Waals surface area (Å²) in [4.78, 5) is 0. The van der Waals surface area contributed by atoms with Crippen molar-refractivity contribution in [3.05, 3.63) is 132 Å². The molecule has 0 unspecified atom stereocenters. The monoisotopic (exact) mass is 552 g/mol. The van der Waals surface area contributed by atoms with Gasteiger partial charge in [-0.3, -0.25) is 0 Å². The lowest BCUT2D eigenvalue weighted by Crippen LogP contribution is -2.07. The van der Waals surface area contributed by atoms with Crippen LogP contribution < -0.4 is 4.74 Å². The van der Waals surface area contributed by atoms with E-state index in [0.717, 1.165) is 73.4 Å². The lowest BCUT2D eigenvalue weighted by atomic mass is 9.86. The van der Waals surface area contributed by atoms with Crippen LogP contribution in [0.3, 0.4) is 0 Å². The highest BCUT2D eigenvalue weighted by molar-refractivity contribution is 5.50. The summed E-state index contributed by atoms with van der Waals surface area (Å²) < 4.78 is 5.55. The smallest absolute Gasteiger partial charge is 0.122 e. The molecule has 3 N–H and O–H groups in total. The van der Waals surface area contributed by atoms with Gasteiger partial charge in [-0.15, -0.1) is 0 Å². The molecule has 0 aromatic heterocycles. The number of aliphatic hydroxyl groups excluding tert-OH is 3. The van der Waals surface area contributed by atoms with Crippen LogP contribution in [0.2, 0.25) is 0 Å². The second-order valence-corrected chi connectivity index (χ2v) is 11.6. The molecule has 0 bridgehead atoms. The summed E-state index contributed by atoms with van der Waals surface area (Å²) in [6.45, 7) is 12.5. The molecule has 0 amide bonds. The average molecular weight is 553 g/mol. The predicted molar refractivity (Wildman–Crippen MR) is 167 cm³/mol. The van der Waals surface area contributed by atoms with Crippen molar-refractivity contribution in [1.29, 1.82) is 0 Å². The van der Waals surface area contributed by atoms with E-state index >= 15 is 0 Å². The zero-order valence-electron chi connectivity index (χ0n) is 25.6. The second-order valence-electron chi connectivity index (χ2n) is 11.6. The maximum Gasteiger partial charge on any atom is 0.122 e. The molecule has 216 valence electrons. The zero-order valence-corrected chi connectivity index (χ0v) is 25.6. The third-order valence-electron chi connectivity index (χ3n) is 8.59. The van der Waals surface area contributed by atoms with E-state index in [1.54, 1.807) is 7.11 Å². The summed E-state index contributed by atoms with van der Waals surface area (Å²) in [7, 11) is 1.70. The molecule has 0 spiro atoms. The Balaban J connectivity index is 1.85. The summed E-state index contributed by atoms with van der Waals surface area (Å²) in [5.74, 6) is 0.884. The number of aliphatic hydroxyl groups is 3. The molecular weight excluding hydrogens is 508 g/mol. The lowest BCUT2D eigenvalue weighted by molar-refractivity contribution is 0.279. The Labute approximate surface area is 245 Å². The van der Waals surface area contributed by atoms with Gasteiger partial charge in [-0.05, 0) is 150 Å². The number of methoxy groups -OCH3 is 1. The number of hydrogen-bond acceptors (Lipinski definition) is 4. The minimum atomic E-state index is -0.0414. The molecule has 0 aliphatic rings.